The van der Waals surface area contributed by atoms with Crippen molar-refractivity contribution in [1.82, 2.24) is 9.97 Å². The molecule has 1 heterocycles. The number of anilines is 1. The maximum absolute atomic E-state index is 5.77. The molecule has 2 rings (SSSR count). The van der Waals surface area contributed by atoms with E-state index in [1.165, 1.54) is 0 Å². The van der Waals surface area contributed by atoms with Crippen LogP contribution in [-0.2, 0) is 0 Å². The third-order valence-corrected chi connectivity index (χ3v) is 2.45. The van der Waals surface area contributed by atoms with E-state index in [0.717, 1.165) is 11.3 Å². The predicted octanol–water partition coefficient (Wildman–Crippen LogP) is 2.52. The van der Waals surface area contributed by atoms with E-state index < -0.39 is 0 Å². The molecule has 1 aromatic carbocycles. The highest BCUT2D eigenvalue weighted by atomic mass is 16.5. The molecule has 100 valence electrons. The quantitative estimate of drug-likeness (QED) is 0.913. The second kappa shape index (κ2) is 5.56. The molecule has 19 heavy (non-hydrogen) atoms. The van der Waals surface area contributed by atoms with Crippen LogP contribution in [0.3, 0.4) is 0 Å². The summed E-state index contributed by atoms with van der Waals surface area (Å²) in [6.45, 7) is 3.96. The molecule has 0 radical (unpaired) electrons. The number of aromatic nitrogens is 2. The molecule has 0 unspecified atom stereocenters. The van der Waals surface area contributed by atoms with Crippen molar-refractivity contribution in [3.05, 3.63) is 30.3 Å². The minimum atomic E-state index is 0.0854. The molecule has 0 bridgehead atoms. The van der Waals surface area contributed by atoms with Crippen LogP contribution in [0, 0.1) is 0 Å². The maximum Gasteiger partial charge on any atom is 0.223 e. The fraction of sp³-hybridized carbons (Fsp3) is 0.286. The molecule has 0 saturated carbocycles. The highest BCUT2D eigenvalue weighted by molar-refractivity contribution is 5.68. The van der Waals surface area contributed by atoms with Crippen molar-refractivity contribution in [2.75, 3.05) is 12.8 Å². The normalized spacial score (nSPS) is 10.5. The summed E-state index contributed by atoms with van der Waals surface area (Å²) in [5, 5.41) is 0. The van der Waals surface area contributed by atoms with E-state index in [0.29, 0.717) is 11.6 Å². The van der Waals surface area contributed by atoms with Gasteiger partial charge in [-0.25, -0.2) is 4.98 Å². The van der Waals surface area contributed by atoms with Crippen LogP contribution in [0.15, 0.2) is 30.3 Å². The van der Waals surface area contributed by atoms with Crippen molar-refractivity contribution in [1.29, 1.82) is 0 Å². The molecule has 5 heteroatoms. The van der Waals surface area contributed by atoms with Gasteiger partial charge in [-0.1, -0.05) is 12.1 Å². The van der Waals surface area contributed by atoms with Gasteiger partial charge in [-0.3, -0.25) is 0 Å². The summed E-state index contributed by atoms with van der Waals surface area (Å²) in [4.78, 5) is 8.20. The molecule has 0 atom stereocenters. The topological polar surface area (TPSA) is 70.3 Å². The Balaban J connectivity index is 2.49. The summed E-state index contributed by atoms with van der Waals surface area (Å²) < 4.78 is 10.9. The third-order valence-electron chi connectivity index (χ3n) is 2.45. The lowest BCUT2D eigenvalue weighted by Crippen LogP contribution is -2.07. The van der Waals surface area contributed by atoms with Crippen LogP contribution in [0.2, 0.25) is 0 Å². The lowest BCUT2D eigenvalue weighted by atomic mass is 10.1. The van der Waals surface area contributed by atoms with Gasteiger partial charge in [0.1, 0.15) is 5.75 Å². The van der Waals surface area contributed by atoms with E-state index in [1.54, 1.807) is 13.2 Å². The summed E-state index contributed by atoms with van der Waals surface area (Å²) in [5.41, 5.74) is 7.23. The Morgan fingerprint density at radius 1 is 1.16 bits per heavy atom. The second-order valence-corrected chi connectivity index (χ2v) is 4.32. The monoisotopic (exact) mass is 259 g/mol. The number of nitrogens with two attached hydrogens (primary N) is 1. The highest BCUT2D eigenvalue weighted by Gasteiger charge is 2.11. The molecule has 0 amide bonds. The Morgan fingerprint density at radius 2 is 1.89 bits per heavy atom. The van der Waals surface area contributed by atoms with Crippen LogP contribution >= 0.6 is 0 Å². The summed E-state index contributed by atoms with van der Waals surface area (Å²) in [7, 11) is 1.54. The molecule has 0 fully saturated rings. The van der Waals surface area contributed by atoms with E-state index in [4.69, 9.17) is 15.2 Å². The van der Waals surface area contributed by atoms with Gasteiger partial charge >= 0.3 is 0 Å². The Hall–Kier alpha value is -2.30. The fourth-order valence-electron chi connectivity index (χ4n) is 1.72. The van der Waals surface area contributed by atoms with Gasteiger partial charge in [-0.05, 0) is 26.0 Å². The maximum atomic E-state index is 5.77. The summed E-state index contributed by atoms with van der Waals surface area (Å²) in [6, 6.07) is 9.41. The number of para-hydroxylation sites is 1. The van der Waals surface area contributed by atoms with E-state index in [2.05, 4.69) is 9.97 Å². The van der Waals surface area contributed by atoms with Crippen molar-refractivity contribution in [2.45, 2.75) is 20.0 Å². The molecular formula is C14H17N3O2. The minimum absolute atomic E-state index is 0.0854. The molecule has 2 N–H and O–H groups in total. The standard InChI is InChI=1S/C14H17N3O2/c1-9(2)19-12-7-5-4-6-10(12)11-8-13(18-3)17-14(15)16-11/h4-9H,1-3H3,(H2,15,16,17). The number of methoxy groups -OCH3 is 1. The van der Waals surface area contributed by atoms with Crippen molar-refractivity contribution >= 4 is 5.95 Å². The van der Waals surface area contributed by atoms with Crippen molar-refractivity contribution in [3.63, 3.8) is 0 Å². The van der Waals surface area contributed by atoms with Gasteiger partial charge in [-0.2, -0.15) is 4.98 Å². The lowest BCUT2D eigenvalue weighted by molar-refractivity contribution is 0.243. The number of nitrogens with zero attached hydrogens (tertiary/aromatic N) is 2. The number of rotatable bonds is 4. The summed E-state index contributed by atoms with van der Waals surface area (Å²) in [5.74, 6) is 1.37. The molecule has 2 aromatic rings. The van der Waals surface area contributed by atoms with E-state index >= 15 is 0 Å². The first kappa shape index (κ1) is 13.1. The van der Waals surface area contributed by atoms with E-state index in [1.807, 2.05) is 38.1 Å². The van der Waals surface area contributed by atoms with Gasteiger partial charge in [0.15, 0.2) is 0 Å². The fourth-order valence-corrected chi connectivity index (χ4v) is 1.72. The number of benzene rings is 1. The smallest absolute Gasteiger partial charge is 0.223 e. The first-order valence-corrected chi connectivity index (χ1v) is 6.04. The van der Waals surface area contributed by atoms with Gasteiger partial charge in [0.25, 0.3) is 0 Å². The predicted molar refractivity (Wildman–Crippen MR) is 74.2 cm³/mol. The molecule has 5 nitrogen and oxygen atoms in total. The van der Waals surface area contributed by atoms with Crippen LogP contribution in [0.5, 0.6) is 11.6 Å². The SMILES string of the molecule is COc1cc(-c2ccccc2OC(C)C)nc(N)n1. The zero-order valence-electron chi connectivity index (χ0n) is 11.3. The molecule has 0 spiro atoms. The zero-order chi connectivity index (χ0) is 13.8. The second-order valence-electron chi connectivity index (χ2n) is 4.32. The van der Waals surface area contributed by atoms with E-state index in [-0.39, 0.29) is 12.1 Å². The number of nitrogen functional groups attached to an aromatic ring is 1. The summed E-state index contributed by atoms with van der Waals surface area (Å²) >= 11 is 0. The van der Waals surface area contributed by atoms with Gasteiger partial charge in [0, 0.05) is 11.6 Å². The van der Waals surface area contributed by atoms with Gasteiger partial charge < -0.3 is 15.2 Å². The van der Waals surface area contributed by atoms with Crippen molar-refractivity contribution in [3.8, 4) is 22.9 Å². The molecule has 0 aliphatic heterocycles. The van der Waals surface area contributed by atoms with Gasteiger partial charge in [0.05, 0.1) is 18.9 Å². The van der Waals surface area contributed by atoms with Crippen LogP contribution in [0.25, 0.3) is 11.3 Å². The average Bonchev–Trinajstić information content (AvgIpc) is 2.38. The molecule has 0 saturated heterocycles. The Bertz CT molecular complexity index is 570. The Labute approximate surface area is 112 Å². The average molecular weight is 259 g/mol. The lowest BCUT2D eigenvalue weighted by Gasteiger charge is -2.14. The first-order chi connectivity index (χ1) is 9.10. The van der Waals surface area contributed by atoms with Gasteiger partial charge in [0.2, 0.25) is 11.8 Å². The zero-order valence-corrected chi connectivity index (χ0v) is 11.3. The minimum Gasteiger partial charge on any atom is -0.490 e. The molecule has 1 aromatic heterocycles. The first-order valence-electron chi connectivity index (χ1n) is 6.04. The van der Waals surface area contributed by atoms with Gasteiger partial charge in [-0.15, -0.1) is 0 Å². The van der Waals surface area contributed by atoms with Crippen LogP contribution in [-0.4, -0.2) is 23.2 Å². The number of hydrogen-bond donors (Lipinski definition) is 1. The highest BCUT2D eigenvalue weighted by Crippen LogP contribution is 2.30. The van der Waals surface area contributed by atoms with Crippen LogP contribution < -0.4 is 15.2 Å². The van der Waals surface area contributed by atoms with Crippen molar-refractivity contribution < 1.29 is 9.47 Å². The largest absolute Gasteiger partial charge is 0.490 e. The van der Waals surface area contributed by atoms with Crippen LogP contribution in [0.1, 0.15) is 13.8 Å². The van der Waals surface area contributed by atoms with Crippen molar-refractivity contribution in [2.24, 2.45) is 0 Å². The van der Waals surface area contributed by atoms with E-state index in [9.17, 15) is 0 Å². The Kier molecular flexibility index (Phi) is 3.85. The third kappa shape index (κ3) is 3.13. The Morgan fingerprint density at radius 3 is 2.58 bits per heavy atom. The summed E-state index contributed by atoms with van der Waals surface area (Å²) in [6.07, 6.45) is 0.0854. The molecule has 0 aliphatic rings. The van der Waals surface area contributed by atoms with Crippen LogP contribution in [0.4, 0.5) is 5.95 Å². The number of hydrogen-bond acceptors (Lipinski definition) is 5. The molecule has 0 aliphatic carbocycles. The molecular weight excluding hydrogens is 242 g/mol. The number of ether oxygens (including phenoxy) is 2.